The van der Waals surface area contributed by atoms with Crippen LogP contribution >= 0.6 is 23.4 Å². The lowest BCUT2D eigenvalue weighted by Crippen LogP contribution is -2.14. The first-order valence-electron chi connectivity index (χ1n) is 6.50. The highest BCUT2D eigenvalue weighted by atomic mass is 35.5. The number of methoxy groups -OCH3 is 1. The van der Waals surface area contributed by atoms with Crippen molar-refractivity contribution in [3.63, 3.8) is 0 Å². The Morgan fingerprint density at radius 1 is 1.30 bits per heavy atom. The maximum Gasteiger partial charge on any atom is 0.273 e. The second-order valence-corrected chi connectivity index (χ2v) is 5.92. The molecule has 0 radical (unpaired) electrons. The third kappa shape index (κ3) is 4.87. The molecule has 0 aliphatic heterocycles. The highest BCUT2D eigenvalue weighted by molar-refractivity contribution is 8.00. The van der Waals surface area contributed by atoms with Gasteiger partial charge in [0.1, 0.15) is 5.75 Å². The van der Waals surface area contributed by atoms with Gasteiger partial charge in [0.2, 0.25) is 5.91 Å². The minimum Gasteiger partial charge on any atom is -0.494 e. The number of thioether (sulfide) groups is 1. The molecule has 1 amide bonds. The average Bonchev–Trinajstić information content (AvgIpc) is 2.54. The van der Waals surface area contributed by atoms with Crippen molar-refractivity contribution >= 4 is 40.6 Å². The summed E-state index contributed by atoms with van der Waals surface area (Å²) >= 11 is 7.16. The third-order valence-electron chi connectivity index (χ3n) is 2.85. The second-order valence-electron chi connectivity index (χ2n) is 4.43. The molecule has 0 bridgehead atoms. The number of nitro benzene ring substituents is 1. The number of carbonyl (C=O) groups excluding carboxylic acids is 1. The van der Waals surface area contributed by atoms with Crippen molar-refractivity contribution in [1.29, 1.82) is 0 Å². The molecule has 0 fully saturated rings. The molecule has 0 aliphatic rings. The number of nitrogens with zero attached hydrogens (tertiary/aromatic N) is 1. The number of anilines is 1. The Kier molecular flexibility index (Phi) is 5.84. The van der Waals surface area contributed by atoms with E-state index in [1.165, 1.54) is 37.1 Å². The SMILES string of the molecule is COc1cc([N+](=O)[O-])ccc1NC(=O)CSc1ccc(Cl)cc1. The minimum atomic E-state index is -0.523. The summed E-state index contributed by atoms with van der Waals surface area (Å²) in [5.74, 6) is 0.197. The Morgan fingerprint density at radius 2 is 2.00 bits per heavy atom. The number of amides is 1. The first-order valence-corrected chi connectivity index (χ1v) is 7.86. The largest absolute Gasteiger partial charge is 0.494 e. The number of benzene rings is 2. The molecule has 0 atom stereocenters. The first-order chi connectivity index (χ1) is 11.0. The Hall–Kier alpha value is -2.25. The fourth-order valence-electron chi connectivity index (χ4n) is 1.76. The molecule has 0 saturated carbocycles. The molecule has 8 heteroatoms. The van der Waals surface area contributed by atoms with Crippen LogP contribution in [0.3, 0.4) is 0 Å². The molecule has 2 rings (SSSR count). The Labute approximate surface area is 141 Å². The second kappa shape index (κ2) is 7.85. The van der Waals surface area contributed by atoms with Crippen molar-refractivity contribution in [2.45, 2.75) is 4.90 Å². The smallest absolute Gasteiger partial charge is 0.273 e. The van der Waals surface area contributed by atoms with Crippen molar-refractivity contribution < 1.29 is 14.5 Å². The fraction of sp³-hybridized carbons (Fsp3) is 0.133. The number of hydrogen-bond donors (Lipinski definition) is 1. The predicted octanol–water partition coefficient (Wildman–Crippen LogP) is 3.99. The van der Waals surface area contributed by atoms with Gasteiger partial charge in [-0.3, -0.25) is 14.9 Å². The molecule has 120 valence electrons. The Bertz CT molecular complexity index is 722. The van der Waals surface area contributed by atoms with Gasteiger partial charge in [0, 0.05) is 16.0 Å². The molecule has 2 aromatic rings. The lowest BCUT2D eigenvalue weighted by atomic mass is 10.2. The van der Waals surface area contributed by atoms with E-state index in [4.69, 9.17) is 16.3 Å². The molecular formula is C15H13ClN2O4S. The van der Waals surface area contributed by atoms with Crippen LogP contribution in [0.2, 0.25) is 5.02 Å². The van der Waals surface area contributed by atoms with E-state index in [1.54, 1.807) is 12.1 Å². The van der Waals surface area contributed by atoms with E-state index in [1.807, 2.05) is 12.1 Å². The average molecular weight is 353 g/mol. The van der Waals surface area contributed by atoms with Crippen LogP contribution in [0.1, 0.15) is 0 Å². The van der Waals surface area contributed by atoms with E-state index in [2.05, 4.69) is 5.32 Å². The fourth-order valence-corrected chi connectivity index (χ4v) is 2.59. The lowest BCUT2D eigenvalue weighted by Gasteiger charge is -2.10. The van der Waals surface area contributed by atoms with E-state index in [0.717, 1.165) is 4.90 Å². The van der Waals surface area contributed by atoms with Crippen molar-refractivity contribution in [2.24, 2.45) is 0 Å². The van der Waals surface area contributed by atoms with Gasteiger partial charge in [-0.2, -0.15) is 0 Å². The zero-order valence-electron chi connectivity index (χ0n) is 12.1. The van der Waals surface area contributed by atoms with Gasteiger partial charge in [-0.1, -0.05) is 11.6 Å². The summed E-state index contributed by atoms with van der Waals surface area (Å²) in [6.45, 7) is 0. The number of nitrogens with one attached hydrogen (secondary N) is 1. The molecular weight excluding hydrogens is 340 g/mol. The maximum atomic E-state index is 12.0. The van der Waals surface area contributed by atoms with Crippen molar-refractivity contribution in [2.75, 3.05) is 18.2 Å². The van der Waals surface area contributed by atoms with E-state index in [0.29, 0.717) is 10.7 Å². The normalized spacial score (nSPS) is 10.2. The lowest BCUT2D eigenvalue weighted by molar-refractivity contribution is -0.384. The van der Waals surface area contributed by atoms with Gasteiger partial charge < -0.3 is 10.1 Å². The molecule has 6 nitrogen and oxygen atoms in total. The van der Waals surface area contributed by atoms with Crippen LogP contribution in [0.5, 0.6) is 5.75 Å². The van der Waals surface area contributed by atoms with Crippen molar-refractivity contribution in [3.8, 4) is 5.75 Å². The van der Waals surface area contributed by atoms with Gasteiger partial charge in [0.25, 0.3) is 5.69 Å². The van der Waals surface area contributed by atoms with Gasteiger partial charge >= 0.3 is 0 Å². The standard InChI is InChI=1S/C15H13ClN2O4S/c1-22-14-8-11(18(20)21)4-7-13(14)17-15(19)9-23-12-5-2-10(16)3-6-12/h2-8H,9H2,1H3,(H,17,19). The summed E-state index contributed by atoms with van der Waals surface area (Å²) in [6, 6.07) is 11.2. The van der Waals surface area contributed by atoms with Crippen molar-refractivity contribution in [1.82, 2.24) is 0 Å². The van der Waals surface area contributed by atoms with E-state index >= 15 is 0 Å². The van der Waals surface area contributed by atoms with Crippen LogP contribution in [-0.4, -0.2) is 23.7 Å². The number of non-ortho nitro benzene ring substituents is 1. The number of hydrogen-bond acceptors (Lipinski definition) is 5. The number of rotatable bonds is 6. The van der Waals surface area contributed by atoms with Gasteiger partial charge in [-0.25, -0.2) is 0 Å². The summed E-state index contributed by atoms with van der Waals surface area (Å²) in [5.41, 5.74) is 0.287. The zero-order valence-corrected chi connectivity index (χ0v) is 13.7. The highest BCUT2D eigenvalue weighted by Crippen LogP contribution is 2.29. The molecule has 0 heterocycles. The van der Waals surface area contributed by atoms with Crippen LogP contribution < -0.4 is 10.1 Å². The van der Waals surface area contributed by atoms with Crippen molar-refractivity contribution in [3.05, 3.63) is 57.6 Å². The summed E-state index contributed by atoms with van der Waals surface area (Å²) in [5, 5.41) is 14.0. The molecule has 1 N–H and O–H groups in total. The van der Waals surface area contributed by atoms with Crippen LogP contribution in [0.4, 0.5) is 11.4 Å². The predicted molar refractivity (Wildman–Crippen MR) is 90.5 cm³/mol. The summed E-state index contributed by atoms with van der Waals surface area (Å²) in [7, 11) is 1.39. The Morgan fingerprint density at radius 3 is 2.61 bits per heavy atom. The van der Waals surface area contributed by atoms with Crippen LogP contribution in [0.15, 0.2) is 47.4 Å². The quantitative estimate of drug-likeness (QED) is 0.483. The monoisotopic (exact) mass is 352 g/mol. The number of carbonyl (C=O) groups is 1. The summed E-state index contributed by atoms with van der Waals surface area (Å²) < 4.78 is 5.07. The third-order valence-corrected chi connectivity index (χ3v) is 4.12. The molecule has 23 heavy (non-hydrogen) atoms. The molecule has 2 aromatic carbocycles. The Balaban J connectivity index is 1.99. The zero-order chi connectivity index (χ0) is 16.8. The van der Waals surface area contributed by atoms with Gasteiger partial charge in [0.15, 0.2) is 0 Å². The van der Waals surface area contributed by atoms with E-state index < -0.39 is 4.92 Å². The summed E-state index contributed by atoms with van der Waals surface area (Å²) in [6.07, 6.45) is 0. The van der Waals surface area contributed by atoms with Crippen LogP contribution in [-0.2, 0) is 4.79 Å². The highest BCUT2D eigenvalue weighted by Gasteiger charge is 2.13. The molecule has 0 unspecified atom stereocenters. The molecule has 0 aromatic heterocycles. The number of halogens is 1. The number of nitro groups is 1. The van der Waals surface area contributed by atoms with Gasteiger partial charge in [-0.15, -0.1) is 11.8 Å². The van der Waals surface area contributed by atoms with Crippen LogP contribution in [0.25, 0.3) is 0 Å². The molecule has 0 aliphatic carbocycles. The molecule has 0 spiro atoms. The van der Waals surface area contributed by atoms with Gasteiger partial charge in [-0.05, 0) is 30.3 Å². The minimum absolute atomic E-state index is 0.101. The molecule has 0 saturated heterocycles. The van der Waals surface area contributed by atoms with Crippen LogP contribution in [0, 0.1) is 10.1 Å². The number of ether oxygens (including phenoxy) is 1. The summed E-state index contributed by atoms with van der Waals surface area (Å²) in [4.78, 5) is 23.1. The van der Waals surface area contributed by atoms with E-state index in [-0.39, 0.29) is 23.1 Å². The van der Waals surface area contributed by atoms with Gasteiger partial charge in [0.05, 0.1) is 29.5 Å². The van der Waals surface area contributed by atoms with E-state index in [9.17, 15) is 14.9 Å². The first kappa shape index (κ1) is 17.1. The maximum absolute atomic E-state index is 12.0. The topological polar surface area (TPSA) is 81.5 Å².